The number of anilines is 1. The minimum absolute atomic E-state index is 0.196. The largest absolute Gasteiger partial charge is 0.328 e. The zero-order chi connectivity index (χ0) is 16.5. The van der Waals surface area contributed by atoms with Crippen LogP contribution >= 0.6 is 11.8 Å². The second-order valence-electron chi connectivity index (χ2n) is 5.99. The van der Waals surface area contributed by atoms with Crippen molar-refractivity contribution >= 4 is 23.5 Å². The fraction of sp³-hybridized carbons (Fsp3) is 0.412. The molecule has 1 atom stereocenters. The Morgan fingerprint density at radius 1 is 1.42 bits per heavy atom. The minimum atomic E-state index is -0.235. The van der Waals surface area contributed by atoms with Crippen molar-refractivity contribution in [2.75, 3.05) is 11.1 Å². The van der Waals surface area contributed by atoms with Crippen molar-refractivity contribution in [3.8, 4) is 0 Å². The van der Waals surface area contributed by atoms with E-state index in [-0.39, 0.29) is 11.8 Å². The highest BCUT2D eigenvalue weighted by atomic mass is 32.2. The van der Waals surface area contributed by atoms with E-state index in [9.17, 15) is 4.79 Å². The first kappa shape index (κ1) is 15.4. The van der Waals surface area contributed by atoms with Crippen molar-refractivity contribution in [1.29, 1.82) is 0 Å². The number of ketones is 1. The predicted molar refractivity (Wildman–Crippen MR) is 92.9 cm³/mol. The number of nitrogens with one attached hydrogen (secondary N) is 1. The van der Waals surface area contributed by atoms with E-state index in [4.69, 9.17) is 0 Å². The van der Waals surface area contributed by atoms with Gasteiger partial charge in [-0.3, -0.25) is 9.78 Å². The van der Waals surface area contributed by atoms with Gasteiger partial charge in [-0.05, 0) is 30.9 Å². The number of fused-ring (bicyclic) bond motifs is 1. The summed E-state index contributed by atoms with van der Waals surface area (Å²) in [5, 5.41) is 8.75. The molecule has 3 heterocycles. The molecule has 0 spiro atoms. The van der Waals surface area contributed by atoms with Crippen LogP contribution in [0.4, 0.5) is 5.95 Å². The predicted octanol–water partition coefficient (Wildman–Crippen LogP) is 3.20. The Hall–Kier alpha value is -2.15. The lowest BCUT2D eigenvalue weighted by molar-refractivity contribution is -0.116. The van der Waals surface area contributed by atoms with Gasteiger partial charge in [0, 0.05) is 35.8 Å². The van der Waals surface area contributed by atoms with E-state index in [1.165, 1.54) is 0 Å². The molecule has 0 bridgehead atoms. The van der Waals surface area contributed by atoms with Crippen LogP contribution in [-0.2, 0) is 4.79 Å². The van der Waals surface area contributed by atoms with E-state index in [1.807, 2.05) is 23.0 Å². The molecule has 1 unspecified atom stereocenters. The molecule has 7 heteroatoms. The first-order chi connectivity index (χ1) is 11.8. The van der Waals surface area contributed by atoms with E-state index in [0.29, 0.717) is 6.42 Å². The third-order valence-electron chi connectivity index (χ3n) is 4.28. The highest BCUT2D eigenvalue weighted by molar-refractivity contribution is 7.99. The molecule has 1 aliphatic heterocycles. The zero-order valence-electron chi connectivity index (χ0n) is 13.5. The Bertz CT molecular complexity index is 799. The number of allylic oxidation sites excluding steroid dienone is 2. The molecule has 2 aliphatic rings. The molecule has 1 aliphatic carbocycles. The summed E-state index contributed by atoms with van der Waals surface area (Å²) < 4.78 is 1.84. The summed E-state index contributed by atoms with van der Waals surface area (Å²) in [6.45, 7) is 2.14. The molecule has 2 aromatic rings. The second-order valence-corrected chi connectivity index (χ2v) is 7.06. The van der Waals surface area contributed by atoms with Gasteiger partial charge in [0.25, 0.3) is 0 Å². The van der Waals surface area contributed by atoms with Crippen molar-refractivity contribution in [3.05, 3.63) is 41.4 Å². The van der Waals surface area contributed by atoms with Crippen molar-refractivity contribution < 1.29 is 4.79 Å². The fourth-order valence-electron chi connectivity index (χ4n) is 3.24. The van der Waals surface area contributed by atoms with E-state index < -0.39 is 0 Å². The number of nitrogens with zero attached hydrogens (tertiary/aromatic N) is 4. The van der Waals surface area contributed by atoms with Gasteiger partial charge < -0.3 is 5.32 Å². The van der Waals surface area contributed by atoms with Crippen LogP contribution < -0.4 is 5.32 Å². The number of hydrogen-bond acceptors (Lipinski definition) is 6. The normalized spacial score (nSPS) is 19.7. The quantitative estimate of drug-likeness (QED) is 0.861. The first-order valence-corrected chi connectivity index (χ1v) is 9.29. The zero-order valence-corrected chi connectivity index (χ0v) is 14.3. The lowest BCUT2D eigenvalue weighted by Gasteiger charge is -2.31. The van der Waals surface area contributed by atoms with Gasteiger partial charge in [-0.25, -0.2) is 4.68 Å². The van der Waals surface area contributed by atoms with Crippen LogP contribution in [0.3, 0.4) is 0 Å². The van der Waals surface area contributed by atoms with Gasteiger partial charge in [-0.1, -0.05) is 24.8 Å². The monoisotopic (exact) mass is 341 g/mol. The number of thioether (sulfide) groups is 1. The summed E-state index contributed by atoms with van der Waals surface area (Å²) in [7, 11) is 0. The van der Waals surface area contributed by atoms with Crippen molar-refractivity contribution in [3.63, 3.8) is 0 Å². The van der Waals surface area contributed by atoms with E-state index >= 15 is 0 Å². The first-order valence-electron chi connectivity index (χ1n) is 8.30. The highest BCUT2D eigenvalue weighted by Crippen LogP contribution is 2.40. The molecule has 0 aromatic carbocycles. The maximum atomic E-state index is 12.6. The Morgan fingerprint density at radius 3 is 3.12 bits per heavy atom. The molecule has 0 amide bonds. The number of pyridine rings is 1. The number of hydrogen-bond donors (Lipinski definition) is 1. The van der Waals surface area contributed by atoms with Crippen LogP contribution in [-0.4, -0.2) is 31.3 Å². The molecule has 4 rings (SSSR count). The molecular formula is C17H19N5OS. The average molecular weight is 341 g/mol. The Balaban J connectivity index is 1.82. The van der Waals surface area contributed by atoms with Gasteiger partial charge in [-0.2, -0.15) is 4.98 Å². The number of aromatic nitrogens is 4. The molecule has 1 N–H and O–H groups in total. The highest BCUT2D eigenvalue weighted by Gasteiger charge is 2.36. The summed E-state index contributed by atoms with van der Waals surface area (Å²) >= 11 is 1.64. The van der Waals surface area contributed by atoms with Gasteiger partial charge in [0.15, 0.2) is 5.78 Å². The third-order valence-corrected chi connectivity index (χ3v) is 5.33. The minimum Gasteiger partial charge on any atom is -0.328 e. The fourth-order valence-corrected chi connectivity index (χ4v) is 3.92. The molecule has 0 radical (unpaired) electrons. The average Bonchev–Trinajstić information content (AvgIpc) is 3.01. The van der Waals surface area contributed by atoms with Crippen molar-refractivity contribution in [1.82, 2.24) is 19.7 Å². The summed E-state index contributed by atoms with van der Waals surface area (Å²) in [6.07, 6.45) is 6.98. The number of rotatable bonds is 4. The SMILES string of the molecule is CCCSc1nc2n(n1)C(c1cccnc1)C1=C(CCCC1=O)N2. The molecule has 0 fully saturated rings. The lowest BCUT2D eigenvalue weighted by atomic mass is 9.86. The van der Waals surface area contributed by atoms with E-state index in [0.717, 1.165) is 53.0 Å². The Kier molecular flexibility index (Phi) is 4.10. The summed E-state index contributed by atoms with van der Waals surface area (Å²) in [5.74, 6) is 1.89. The standard InChI is InChI=1S/C17H19N5OS/c1-2-9-24-17-20-16-19-12-6-3-7-13(23)14(12)15(22(16)21-17)11-5-4-8-18-10-11/h4-5,8,10,15H,2-3,6-7,9H2,1H3,(H,19,20,21). The summed E-state index contributed by atoms with van der Waals surface area (Å²) in [6, 6.07) is 3.66. The van der Waals surface area contributed by atoms with Crippen LogP contribution in [0.25, 0.3) is 0 Å². The maximum Gasteiger partial charge on any atom is 0.227 e. The van der Waals surface area contributed by atoms with Gasteiger partial charge in [0.1, 0.15) is 6.04 Å². The molecule has 2 aromatic heterocycles. The smallest absolute Gasteiger partial charge is 0.227 e. The number of carbonyl (C=O) groups is 1. The van der Waals surface area contributed by atoms with E-state index in [1.54, 1.807) is 18.0 Å². The number of carbonyl (C=O) groups excluding carboxylic acids is 1. The van der Waals surface area contributed by atoms with Gasteiger partial charge in [0.05, 0.1) is 0 Å². The van der Waals surface area contributed by atoms with Crippen LogP contribution in [0, 0.1) is 0 Å². The topological polar surface area (TPSA) is 72.7 Å². The van der Waals surface area contributed by atoms with Crippen molar-refractivity contribution in [2.24, 2.45) is 0 Å². The van der Waals surface area contributed by atoms with Gasteiger partial charge in [0.2, 0.25) is 11.1 Å². The van der Waals surface area contributed by atoms with Crippen LogP contribution in [0.1, 0.15) is 44.2 Å². The van der Waals surface area contributed by atoms with Crippen LogP contribution in [0.5, 0.6) is 0 Å². The van der Waals surface area contributed by atoms with E-state index in [2.05, 4.69) is 27.3 Å². The Morgan fingerprint density at radius 2 is 2.33 bits per heavy atom. The molecular weight excluding hydrogens is 322 g/mol. The van der Waals surface area contributed by atoms with Crippen molar-refractivity contribution in [2.45, 2.75) is 43.8 Å². The Labute approximate surface area is 144 Å². The molecule has 0 saturated carbocycles. The second kappa shape index (κ2) is 6.39. The molecule has 6 nitrogen and oxygen atoms in total. The van der Waals surface area contributed by atoms with Gasteiger partial charge in [-0.15, -0.1) is 5.10 Å². The summed E-state index contributed by atoms with van der Waals surface area (Å²) in [4.78, 5) is 21.5. The van der Waals surface area contributed by atoms with Crippen LogP contribution in [0.2, 0.25) is 0 Å². The van der Waals surface area contributed by atoms with Gasteiger partial charge >= 0.3 is 0 Å². The molecule has 0 saturated heterocycles. The molecule has 24 heavy (non-hydrogen) atoms. The maximum absolute atomic E-state index is 12.6. The van der Waals surface area contributed by atoms with Crippen LogP contribution in [0.15, 0.2) is 41.0 Å². The lowest BCUT2D eigenvalue weighted by Crippen LogP contribution is -2.31. The third kappa shape index (κ3) is 2.62. The molecule has 124 valence electrons. The summed E-state index contributed by atoms with van der Waals surface area (Å²) in [5.41, 5.74) is 2.78. The number of Topliss-reactive ketones (excluding diaryl/α,β-unsaturated/α-hetero) is 1.